The summed E-state index contributed by atoms with van der Waals surface area (Å²) in [6.45, 7) is 4.43. The normalized spacial score (nSPS) is 16.7. The van der Waals surface area contributed by atoms with Crippen LogP contribution in [0.3, 0.4) is 0 Å². The molecule has 1 heterocycles. The molecular formula is C24H23N3O2. The highest BCUT2D eigenvalue weighted by Crippen LogP contribution is 2.27. The molecule has 1 N–H and O–H groups in total. The van der Waals surface area contributed by atoms with E-state index in [1.54, 1.807) is 11.1 Å². The molecule has 29 heavy (non-hydrogen) atoms. The van der Waals surface area contributed by atoms with Gasteiger partial charge in [-0.25, -0.2) is 5.43 Å². The van der Waals surface area contributed by atoms with Crippen molar-refractivity contribution in [3.8, 4) is 0 Å². The second-order valence-corrected chi connectivity index (χ2v) is 7.48. The van der Waals surface area contributed by atoms with Crippen molar-refractivity contribution in [1.82, 2.24) is 5.43 Å². The molecule has 1 aliphatic rings. The molecule has 0 saturated carbocycles. The molecule has 0 spiro atoms. The van der Waals surface area contributed by atoms with E-state index >= 15 is 0 Å². The third kappa shape index (κ3) is 3.90. The van der Waals surface area contributed by atoms with Gasteiger partial charge in [-0.2, -0.15) is 5.10 Å². The molecule has 1 fully saturated rings. The monoisotopic (exact) mass is 385 g/mol. The molecule has 3 aromatic rings. The second-order valence-electron chi connectivity index (χ2n) is 7.48. The van der Waals surface area contributed by atoms with Crippen LogP contribution < -0.4 is 10.3 Å². The van der Waals surface area contributed by atoms with Gasteiger partial charge in [-0.3, -0.25) is 9.59 Å². The van der Waals surface area contributed by atoms with E-state index in [0.29, 0.717) is 6.54 Å². The predicted octanol–water partition coefficient (Wildman–Crippen LogP) is 3.96. The Hall–Kier alpha value is -3.47. The quantitative estimate of drug-likeness (QED) is 0.546. The fraction of sp³-hybridized carbons (Fsp3) is 0.208. The zero-order chi connectivity index (χ0) is 20.4. The van der Waals surface area contributed by atoms with E-state index in [4.69, 9.17) is 0 Å². The van der Waals surface area contributed by atoms with Crippen LogP contribution in [0, 0.1) is 19.8 Å². The lowest BCUT2D eigenvalue weighted by atomic mass is 10.1. The Labute approximate surface area is 170 Å². The Balaban J connectivity index is 1.43. The van der Waals surface area contributed by atoms with Gasteiger partial charge >= 0.3 is 0 Å². The summed E-state index contributed by atoms with van der Waals surface area (Å²) >= 11 is 0. The number of benzene rings is 3. The summed E-state index contributed by atoms with van der Waals surface area (Å²) in [5, 5.41) is 6.32. The van der Waals surface area contributed by atoms with Gasteiger partial charge in [-0.1, -0.05) is 48.5 Å². The van der Waals surface area contributed by atoms with Gasteiger partial charge in [0.2, 0.25) is 11.8 Å². The number of amides is 2. The number of rotatable bonds is 4. The summed E-state index contributed by atoms with van der Waals surface area (Å²) in [5.74, 6) is -0.679. The van der Waals surface area contributed by atoms with E-state index in [-0.39, 0.29) is 18.2 Å². The molecule has 4 rings (SSSR count). The SMILES string of the molecule is Cc1ccc(N2C[C@H](C(=O)N/N=C\c3cccc4ccccc34)CC2=O)cc1C. The van der Waals surface area contributed by atoms with E-state index in [2.05, 4.69) is 10.5 Å². The number of fused-ring (bicyclic) bond motifs is 1. The van der Waals surface area contributed by atoms with Crippen molar-refractivity contribution >= 4 is 34.5 Å². The summed E-state index contributed by atoms with van der Waals surface area (Å²) in [7, 11) is 0. The first-order valence-electron chi connectivity index (χ1n) is 9.71. The maximum atomic E-state index is 12.5. The van der Waals surface area contributed by atoms with Gasteiger partial charge in [0.25, 0.3) is 0 Å². The van der Waals surface area contributed by atoms with Crippen molar-refractivity contribution < 1.29 is 9.59 Å². The van der Waals surface area contributed by atoms with Crippen molar-refractivity contribution in [3.63, 3.8) is 0 Å². The Morgan fingerprint density at radius 3 is 2.69 bits per heavy atom. The average molecular weight is 385 g/mol. The Morgan fingerprint density at radius 2 is 1.86 bits per heavy atom. The van der Waals surface area contributed by atoms with Gasteiger partial charge in [0.05, 0.1) is 12.1 Å². The van der Waals surface area contributed by atoms with Crippen molar-refractivity contribution in [2.75, 3.05) is 11.4 Å². The largest absolute Gasteiger partial charge is 0.312 e. The number of hydrazone groups is 1. The summed E-state index contributed by atoms with van der Waals surface area (Å²) in [5.41, 5.74) is 6.68. The van der Waals surface area contributed by atoms with Crippen LogP contribution in [-0.4, -0.2) is 24.6 Å². The van der Waals surface area contributed by atoms with E-state index in [0.717, 1.165) is 27.6 Å². The number of aryl methyl sites for hydroxylation is 2. The molecule has 1 saturated heterocycles. The highest BCUT2D eigenvalue weighted by molar-refractivity contribution is 6.01. The lowest BCUT2D eigenvalue weighted by molar-refractivity contribution is -0.126. The highest BCUT2D eigenvalue weighted by atomic mass is 16.2. The predicted molar refractivity (Wildman–Crippen MR) is 116 cm³/mol. The Bertz CT molecular complexity index is 1110. The summed E-state index contributed by atoms with van der Waals surface area (Å²) in [6.07, 6.45) is 1.85. The number of hydrogen-bond donors (Lipinski definition) is 1. The molecule has 1 atom stereocenters. The molecule has 1 aliphatic heterocycles. The summed E-state index contributed by atoms with van der Waals surface area (Å²) < 4.78 is 0. The minimum absolute atomic E-state index is 0.0357. The van der Waals surface area contributed by atoms with Crippen LogP contribution in [0.15, 0.2) is 65.8 Å². The van der Waals surface area contributed by atoms with E-state index < -0.39 is 5.92 Å². The standard InChI is InChI=1S/C24H23N3O2/c1-16-10-11-21(12-17(16)2)27-15-20(13-23(27)28)24(29)26-25-14-19-8-5-7-18-6-3-4-9-22(18)19/h3-12,14,20H,13,15H2,1-2H3,(H,26,29)/b25-14-/t20-/m1/s1. The third-order valence-corrected chi connectivity index (χ3v) is 5.50. The molecule has 146 valence electrons. The number of nitrogens with one attached hydrogen (secondary N) is 1. The average Bonchev–Trinajstić information content (AvgIpc) is 3.12. The molecule has 0 aromatic heterocycles. The van der Waals surface area contributed by atoms with Crippen LogP contribution in [-0.2, 0) is 9.59 Å². The number of anilines is 1. The van der Waals surface area contributed by atoms with Gasteiger partial charge in [-0.05, 0) is 47.9 Å². The van der Waals surface area contributed by atoms with E-state index in [1.165, 1.54) is 5.56 Å². The van der Waals surface area contributed by atoms with Gasteiger partial charge < -0.3 is 4.90 Å². The molecule has 3 aromatic carbocycles. The maximum absolute atomic E-state index is 12.5. The lowest BCUT2D eigenvalue weighted by Gasteiger charge is -2.17. The first-order chi connectivity index (χ1) is 14.0. The fourth-order valence-electron chi connectivity index (χ4n) is 3.65. The maximum Gasteiger partial charge on any atom is 0.245 e. The number of hydrogen-bond acceptors (Lipinski definition) is 3. The first-order valence-corrected chi connectivity index (χ1v) is 9.71. The highest BCUT2D eigenvalue weighted by Gasteiger charge is 2.35. The van der Waals surface area contributed by atoms with E-state index in [9.17, 15) is 9.59 Å². The number of nitrogens with zero attached hydrogens (tertiary/aromatic N) is 2. The lowest BCUT2D eigenvalue weighted by Crippen LogP contribution is -2.30. The zero-order valence-electron chi connectivity index (χ0n) is 16.6. The molecule has 0 aliphatic carbocycles. The van der Waals surface area contributed by atoms with Crippen molar-refractivity contribution in [2.24, 2.45) is 11.0 Å². The van der Waals surface area contributed by atoms with Crippen molar-refractivity contribution in [2.45, 2.75) is 20.3 Å². The topological polar surface area (TPSA) is 61.8 Å². The Kier molecular flexibility index (Phi) is 5.12. The molecule has 5 heteroatoms. The number of carbonyl (C=O) groups is 2. The van der Waals surface area contributed by atoms with Gasteiger partial charge in [-0.15, -0.1) is 0 Å². The van der Waals surface area contributed by atoms with Gasteiger partial charge in [0, 0.05) is 24.2 Å². The molecule has 0 radical (unpaired) electrons. The van der Waals surface area contributed by atoms with Crippen LogP contribution in [0.1, 0.15) is 23.1 Å². The van der Waals surface area contributed by atoms with Crippen LogP contribution >= 0.6 is 0 Å². The minimum atomic E-state index is -0.409. The molecule has 0 unspecified atom stereocenters. The van der Waals surface area contributed by atoms with Gasteiger partial charge in [0.1, 0.15) is 0 Å². The summed E-state index contributed by atoms with van der Waals surface area (Å²) in [6, 6.07) is 19.9. The van der Waals surface area contributed by atoms with Gasteiger partial charge in [0.15, 0.2) is 0 Å². The molecule has 0 bridgehead atoms. The van der Waals surface area contributed by atoms with Crippen LogP contribution in [0.4, 0.5) is 5.69 Å². The van der Waals surface area contributed by atoms with Crippen LogP contribution in [0.5, 0.6) is 0 Å². The van der Waals surface area contributed by atoms with Crippen molar-refractivity contribution in [1.29, 1.82) is 0 Å². The Morgan fingerprint density at radius 1 is 1.07 bits per heavy atom. The minimum Gasteiger partial charge on any atom is -0.312 e. The summed E-state index contributed by atoms with van der Waals surface area (Å²) in [4.78, 5) is 26.7. The zero-order valence-corrected chi connectivity index (χ0v) is 16.6. The van der Waals surface area contributed by atoms with Crippen LogP contribution in [0.2, 0.25) is 0 Å². The fourth-order valence-corrected chi connectivity index (χ4v) is 3.65. The third-order valence-electron chi connectivity index (χ3n) is 5.50. The van der Waals surface area contributed by atoms with E-state index in [1.807, 2.05) is 74.5 Å². The molecular weight excluding hydrogens is 362 g/mol. The molecule has 2 amide bonds. The molecule has 5 nitrogen and oxygen atoms in total. The van der Waals surface area contributed by atoms with Crippen molar-refractivity contribution in [3.05, 3.63) is 77.4 Å². The first kappa shape index (κ1) is 18.9. The number of carbonyl (C=O) groups excluding carboxylic acids is 2. The smallest absolute Gasteiger partial charge is 0.245 e. The van der Waals surface area contributed by atoms with Crippen LogP contribution in [0.25, 0.3) is 10.8 Å². The second kappa shape index (κ2) is 7.87.